The van der Waals surface area contributed by atoms with Crippen molar-refractivity contribution in [2.24, 2.45) is 4.99 Å². The van der Waals surface area contributed by atoms with Crippen molar-refractivity contribution in [3.63, 3.8) is 0 Å². The predicted octanol–water partition coefficient (Wildman–Crippen LogP) is 1.89. The molecule has 7 nitrogen and oxygen atoms in total. The standard InChI is InChI=1S/C18H21N5O2/c1-23-17(24)15(9-11-6-7-13-12(8-11)10-19-22-13)21-18(23)20-14-4-3-5-16(14)25-2/h6-10,14,16H,3-5H2,1-2H3,(H,19,22)(H,20,21)/b15-9-/t14-,16-/m0/s1. The molecule has 4 rings (SSSR count). The van der Waals surface area contributed by atoms with E-state index in [9.17, 15) is 4.79 Å². The lowest BCUT2D eigenvalue weighted by molar-refractivity contribution is -0.121. The van der Waals surface area contributed by atoms with Gasteiger partial charge >= 0.3 is 0 Å². The number of benzene rings is 1. The van der Waals surface area contributed by atoms with Crippen LogP contribution in [0.2, 0.25) is 0 Å². The van der Waals surface area contributed by atoms with Crippen molar-refractivity contribution in [3.05, 3.63) is 35.7 Å². The summed E-state index contributed by atoms with van der Waals surface area (Å²) >= 11 is 0. The van der Waals surface area contributed by atoms with Crippen LogP contribution in [0.4, 0.5) is 0 Å². The Balaban J connectivity index is 1.58. The second-order valence-corrected chi connectivity index (χ2v) is 6.50. The average molecular weight is 339 g/mol. The number of H-pyrrole nitrogens is 1. The van der Waals surface area contributed by atoms with Crippen molar-refractivity contribution in [2.45, 2.75) is 31.4 Å². The average Bonchev–Trinajstić information content (AvgIpc) is 3.32. The molecule has 7 heteroatoms. The van der Waals surface area contributed by atoms with Gasteiger partial charge in [-0.25, -0.2) is 4.99 Å². The smallest absolute Gasteiger partial charge is 0.279 e. The fraction of sp³-hybridized carbons (Fsp3) is 0.389. The van der Waals surface area contributed by atoms with Crippen LogP contribution in [0, 0.1) is 0 Å². The molecule has 1 aromatic carbocycles. The Kier molecular flexibility index (Phi) is 4.01. The van der Waals surface area contributed by atoms with Crippen molar-refractivity contribution in [2.75, 3.05) is 14.2 Å². The molecule has 2 aromatic rings. The quantitative estimate of drug-likeness (QED) is 0.837. The first-order chi connectivity index (χ1) is 12.2. The van der Waals surface area contributed by atoms with Gasteiger partial charge in [-0.2, -0.15) is 5.10 Å². The van der Waals surface area contributed by atoms with Gasteiger partial charge in [-0.1, -0.05) is 6.07 Å². The molecule has 0 radical (unpaired) electrons. The number of fused-ring (bicyclic) bond motifs is 1. The van der Waals surface area contributed by atoms with E-state index in [2.05, 4.69) is 20.5 Å². The molecule has 25 heavy (non-hydrogen) atoms. The summed E-state index contributed by atoms with van der Waals surface area (Å²) in [5, 5.41) is 11.3. The number of ether oxygens (including phenoxy) is 1. The van der Waals surface area contributed by atoms with E-state index < -0.39 is 0 Å². The number of carbonyl (C=O) groups excluding carboxylic acids is 1. The van der Waals surface area contributed by atoms with Gasteiger partial charge in [0.1, 0.15) is 5.70 Å². The Morgan fingerprint density at radius 1 is 1.40 bits per heavy atom. The molecule has 130 valence electrons. The summed E-state index contributed by atoms with van der Waals surface area (Å²) in [5.74, 6) is 0.483. The van der Waals surface area contributed by atoms with Gasteiger partial charge in [-0.15, -0.1) is 0 Å². The van der Waals surface area contributed by atoms with E-state index in [1.165, 1.54) is 0 Å². The number of amides is 1. The van der Waals surface area contributed by atoms with E-state index in [0.717, 1.165) is 35.7 Å². The molecule has 1 aliphatic carbocycles. The van der Waals surface area contributed by atoms with Crippen molar-refractivity contribution in [1.29, 1.82) is 0 Å². The third-order valence-electron chi connectivity index (χ3n) is 4.91. The molecule has 1 amide bonds. The Morgan fingerprint density at radius 3 is 3.12 bits per heavy atom. The Bertz CT molecular complexity index is 869. The van der Waals surface area contributed by atoms with Crippen molar-refractivity contribution < 1.29 is 9.53 Å². The predicted molar refractivity (Wildman–Crippen MR) is 95.8 cm³/mol. The molecule has 1 aliphatic heterocycles. The van der Waals surface area contributed by atoms with Crippen LogP contribution >= 0.6 is 0 Å². The number of methoxy groups -OCH3 is 1. The third kappa shape index (κ3) is 2.91. The van der Waals surface area contributed by atoms with Gasteiger partial charge in [0, 0.05) is 19.5 Å². The van der Waals surface area contributed by atoms with Crippen LogP contribution in [0.1, 0.15) is 24.8 Å². The number of nitrogens with zero attached hydrogens (tertiary/aromatic N) is 3. The van der Waals surface area contributed by atoms with Gasteiger partial charge in [0.2, 0.25) is 5.96 Å². The number of rotatable bonds is 3. The summed E-state index contributed by atoms with van der Waals surface area (Å²) in [4.78, 5) is 18.6. The van der Waals surface area contributed by atoms with Gasteiger partial charge in [0.05, 0.1) is 23.9 Å². The first-order valence-electron chi connectivity index (χ1n) is 8.46. The number of aromatic amines is 1. The summed E-state index contributed by atoms with van der Waals surface area (Å²) in [6, 6.07) is 6.07. The van der Waals surface area contributed by atoms with Crippen LogP contribution in [0.15, 0.2) is 35.1 Å². The summed E-state index contributed by atoms with van der Waals surface area (Å²) < 4.78 is 5.51. The maximum Gasteiger partial charge on any atom is 0.279 e. The largest absolute Gasteiger partial charge is 0.379 e. The Hall–Kier alpha value is -2.67. The summed E-state index contributed by atoms with van der Waals surface area (Å²) in [6.45, 7) is 0. The highest BCUT2D eigenvalue weighted by Crippen LogP contribution is 2.24. The topological polar surface area (TPSA) is 82.6 Å². The van der Waals surface area contributed by atoms with Crippen molar-refractivity contribution in [1.82, 2.24) is 20.4 Å². The number of aliphatic imine (C=N–C) groups is 1. The van der Waals surface area contributed by atoms with Gasteiger partial charge in [-0.3, -0.25) is 14.8 Å². The molecule has 2 N–H and O–H groups in total. The lowest BCUT2D eigenvalue weighted by atomic mass is 10.1. The highest BCUT2D eigenvalue weighted by Gasteiger charge is 2.33. The number of likely N-dealkylation sites (N-methyl/N-ethyl adjacent to an activating group) is 1. The molecular formula is C18H21N5O2. The molecule has 0 saturated heterocycles. The van der Waals surface area contributed by atoms with Crippen LogP contribution in [0.5, 0.6) is 0 Å². The SMILES string of the molecule is CO[C@H]1CCC[C@@H]1NC1=N/C(=C\c2ccc3[nH]ncc3c2)C(=O)N1C. The molecule has 2 atom stereocenters. The Labute approximate surface area is 145 Å². The van der Waals surface area contributed by atoms with Gasteiger partial charge < -0.3 is 10.1 Å². The van der Waals surface area contributed by atoms with Gasteiger partial charge in [0.25, 0.3) is 5.91 Å². The van der Waals surface area contributed by atoms with E-state index in [4.69, 9.17) is 4.74 Å². The van der Waals surface area contributed by atoms with Crippen LogP contribution < -0.4 is 5.32 Å². The lowest BCUT2D eigenvalue weighted by Crippen LogP contribution is -2.46. The molecule has 2 heterocycles. The minimum Gasteiger partial charge on any atom is -0.379 e. The van der Waals surface area contributed by atoms with Gasteiger partial charge in [0.15, 0.2) is 0 Å². The van der Waals surface area contributed by atoms with Crippen LogP contribution in [-0.4, -0.2) is 53.3 Å². The van der Waals surface area contributed by atoms with Gasteiger partial charge in [-0.05, 0) is 43.0 Å². The highest BCUT2D eigenvalue weighted by atomic mass is 16.5. The number of hydrogen-bond acceptors (Lipinski definition) is 5. The van der Waals surface area contributed by atoms with E-state index in [-0.39, 0.29) is 18.1 Å². The highest BCUT2D eigenvalue weighted by molar-refractivity contribution is 6.13. The fourth-order valence-corrected chi connectivity index (χ4v) is 3.48. The normalized spacial score (nSPS) is 25.2. The minimum atomic E-state index is -0.109. The van der Waals surface area contributed by atoms with E-state index in [0.29, 0.717) is 11.7 Å². The van der Waals surface area contributed by atoms with E-state index >= 15 is 0 Å². The first kappa shape index (κ1) is 15.8. The number of hydrogen-bond donors (Lipinski definition) is 2. The molecule has 0 unspecified atom stereocenters. The third-order valence-corrected chi connectivity index (χ3v) is 4.91. The van der Waals surface area contributed by atoms with Crippen LogP contribution in [0.3, 0.4) is 0 Å². The second-order valence-electron chi connectivity index (χ2n) is 6.50. The molecular weight excluding hydrogens is 318 g/mol. The Morgan fingerprint density at radius 2 is 2.28 bits per heavy atom. The van der Waals surface area contributed by atoms with Crippen LogP contribution in [-0.2, 0) is 9.53 Å². The monoisotopic (exact) mass is 339 g/mol. The molecule has 2 aliphatic rings. The van der Waals surface area contributed by atoms with E-state index in [1.807, 2.05) is 24.3 Å². The van der Waals surface area contributed by atoms with Crippen molar-refractivity contribution >= 4 is 28.8 Å². The molecule has 1 aromatic heterocycles. The zero-order chi connectivity index (χ0) is 17.4. The molecule has 0 spiro atoms. The van der Waals surface area contributed by atoms with Crippen molar-refractivity contribution in [3.8, 4) is 0 Å². The lowest BCUT2D eigenvalue weighted by Gasteiger charge is -2.22. The number of guanidine groups is 1. The number of nitrogens with one attached hydrogen (secondary N) is 2. The van der Waals surface area contributed by atoms with Crippen LogP contribution in [0.25, 0.3) is 17.0 Å². The second kappa shape index (κ2) is 6.33. The fourth-order valence-electron chi connectivity index (χ4n) is 3.48. The summed E-state index contributed by atoms with van der Waals surface area (Å²) in [6.07, 6.45) is 6.92. The maximum atomic E-state index is 12.5. The van der Waals surface area contributed by atoms with E-state index in [1.54, 1.807) is 25.3 Å². The summed E-state index contributed by atoms with van der Waals surface area (Å²) in [7, 11) is 3.47. The zero-order valence-corrected chi connectivity index (χ0v) is 14.3. The minimum absolute atomic E-state index is 0.109. The summed E-state index contributed by atoms with van der Waals surface area (Å²) in [5.41, 5.74) is 2.32. The number of carbonyl (C=O) groups is 1. The molecule has 1 saturated carbocycles. The first-order valence-corrected chi connectivity index (χ1v) is 8.46. The number of aromatic nitrogens is 2. The zero-order valence-electron chi connectivity index (χ0n) is 14.3. The molecule has 0 bridgehead atoms. The maximum absolute atomic E-state index is 12.5. The molecule has 1 fully saturated rings.